The summed E-state index contributed by atoms with van der Waals surface area (Å²) in [7, 11) is 0. The van der Waals surface area contributed by atoms with Gasteiger partial charge in [0.15, 0.2) is 0 Å². The number of amides is 1. The first-order valence-corrected chi connectivity index (χ1v) is 8.39. The van der Waals surface area contributed by atoms with Crippen molar-refractivity contribution in [2.75, 3.05) is 0 Å². The van der Waals surface area contributed by atoms with Gasteiger partial charge in [-0.2, -0.15) is 0 Å². The largest absolute Gasteiger partial charge is 0.347 e. The first-order chi connectivity index (χ1) is 8.16. The van der Waals surface area contributed by atoms with E-state index in [9.17, 15) is 4.79 Å². The fraction of sp³-hybridized carbons (Fsp3) is 0.583. The molecule has 94 valence electrons. The molecular formula is C12H15Br2NOS. The van der Waals surface area contributed by atoms with Gasteiger partial charge < -0.3 is 5.32 Å². The molecule has 1 amide bonds. The predicted molar refractivity (Wildman–Crippen MR) is 79.1 cm³/mol. The summed E-state index contributed by atoms with van der Waals surface area (Å²) in [6, 6.07) is 4.05. The number of carbonyl (C=O) groups is 1. The van der Waals surface area contributed by atoms with Crippen LogP contribution in [-0.4, -0.2) is 16.8 Å². The van der Waals surface area contributed by atoms with Crippen molar-refractivity contribution >= 4 is 49.1 Å². The quantitative estimate of drug-likeness (QED) is 0.600. The predicted octanol–water partition coefficient (Wildman–Crippen LogP) is 4.34. The minimum atomic E-state index is 0.0528. The highest BCUT2D eigenvalue weighted by molar-refractivity contribution is 9.11. The van der Waals surface area contributed by atoms with Crippen LogP contribution in [0.2, 0.25) is 0 Å². The molecule has 2 atom stereocenters. The summed E-state index contributed by atoms with van der Waals surface area (Å²) in [6.45, 7) is 0. The van der Waals surface area contributed by atoms with Crippen molar-refractivity contribution in [2.45, 2.75) is 43.0 Å². The average molecular weight is 381 g/mol. The first-order valence-electron chi connectivity index (χ1n) is 5.87. The maximum Gasteiger partial charge on any atom is 0.261 e. The molecule has 2 unspecified atom stereocenters. The topological polar surface area (TPSA) is 29.1 Å². The van der Waals surface area contributed by atoms with Crippen molar-refractivity contribution in [1.82, 2.24) is 5.32 Å². The summed E-state index contributed by atoms with van der Waals surface area (Å²) in [4.78, 5) is 13.2. The molecule has 1 saturated carbocycles. The van der Waals surface area contributed by atoms with E-state index >= 15 is 0 Å². The highest BCUT2D eigenvalue weighted by atomic mass is 79.9. The molecular weight excluding hydrogens is 366 g/mol. The normalized spacial score (nSPS) is 25.3. The van der Waals surface area contributed by atoms with Gasteiger partial charge in [-0.3, -0.25) is 4.79 Å². The molecule has 1 aromatic heterocycles. The number of carbonyl (C=O) groups excluding carboxylic acids is 1. The van der Waals surface area contributed by atoms with Crippen LogP contribution >= 0.6 is 43.2 Å². The molecule has 17 heavy (non-hydrogen) atoms. The standard InChI is InChI=1S/C12H15Br2NOS/c13-8-4-2-1-3-5-9(8)15-12(16)10-6-7-11(14)17-10/h6-9H,1-5H2,(H,15,16). The summed E-state index contributed by atoms with van der Waals surface area (Å²) in [5.41, 5.74) is 0. The lowest BCUT2D eigenvalue weighted by Gasteiger charge is -2.21. The van der Waals surface area contributed by atoms with Crippen LogP contribution in [0.25, 0.3) is 0 Å². The monoisotopic (exact) mass is 379 g/mol. The lowest BCUT2D eigenvalue weighted by molar-refractivity contribution is 0.0939. The van der Waals surface area contributed by atoms with Crippen molar-refractivity contribution in [3.8, 4) is 0 Å². The molecule has 0 spiro atoms. The molecule has 1 aliphatic carbocycles. The molecule has 0 aromatic carbocycles. The summed E-state index contributed by atoms with van der Waals surface area (Å²) in [5, 5.41) is 3.14. The van der Waals surface area contributed by atoms with Gasteiger partial charge in [-0.1, -0.05) is 35.2 Å². The van der Waals surface area contributed by atoms with Gasteiger partial charge in [-0.15, -0.1) is 11.3 Å². The van der Waals surface area contributed by atoms with E-state index in [0.717, 1.165) is 21.5 Å². The summed E-state index contributed by atoms with van der Waals surface area (Å²) in [6.07, 6.45) is 5.97. The van der Waals surface area contributed by atoms with Crippen LogP contribution in [0.1, 0.15) is 41.8 Å². The Hall–Kier alpha value is 0.130. The molecule has 0 bridgehead atoms. The van der Waals surface area contributed by atoms with E-state index in [1.807, 2.05) is 12.1 Å². The minimum Gasteiger partial charge on any atom is -0.347 e. The molecule has 0 saturated heterocycles. The molecule has 1 aliphatic rings. The Morgan fingerprint density at radius 1 is 1.29 bits per heavy atom. The maximum atomic E-state index is 12.0. The van der Waals surface area contributed by atoms with E-state index < -0.39 is 0 Å². The first kappa shape index (κ1) is 13.6. The Bertz CT molecular complexity index is 394. The van der Waals surface area contributed by atoms with Crippen LogP contribution in [0.4, 0.5) is 0 Å². The molecule has 1 heterocycles. The number of alkyl halides is 1. The van der Waals surface area contributed by atoms with Gasteiger partial charge in [-0.05, 0) is 40.9 Å². The van der Waals surface area contributed by atoms with Gasteiger partial charge in [0.25, 0.3) is 5.91 Å². The van der Waals surface area contributed by atoms with Gasteiger partial charge in [0.05, 0.1) is 8.66 Å². The zero-order chi connectivity index (χ0) is 12.3. The zero-order valence-corrected chi connectivity index (χ0v) is 13.4. The minimum absolute atomic E-state index is 0.0528. The van der Waals surface area contributed by atoms with Gasteiger partial charge >= 0.3 is 0 Å². The second kappa shape index (κ2) is 6.34. The third-order valence-corrected chi connectivity index (χ3v) is 5.76. The Labute approximate surface area is 122 Å². The maximum absolute atomic E-state index is 12.0. The van der Waals surface area contributed by atoms with Crippen molar-refractivity contribution in [2.24, 2.45) is 0 Å². The van der Waals surface area contributed by atoms with Gasteiger partial charge in [0, 0.05) is 10.9 Å². The Balaban J connectivity index is 1.97. The molecule has 0 radical (unpaired) electrons. The van der Waals surface area contributed by atoms with E-state index in [1.165, 1.54) is 30.6 Å². The Morgan fingerprint density at radius 2 is 2.06 bits per heavy atom. The molecule has 1 N–H and O–H groups in total. The molecule has 2 rings (SSSR count). The fourth-order valence-electron chi connectivity index (χ4n) is 2.10. The number of hydrogen-bond donors (Lipinski definition) is 1. The number of halogens is 2. The highest BCUT2D eigenvalue weighted by Crippen LogP contribution is 2.25. The number of hydrogen-bond acceptors (Lipinski definition) is 2. The Morgan fingerprint density at radius 3 is 2.76 bits per heavy atom. The Kier molecular flexibility index (Phi) is 5.06. The molecule has 0 aliphatic heterocycles. The number of nitrogens with one attached hydrogen (secondary N) is 1. The summed E-state index contributed by atoms with van der Waals surface area (Å²) < 4.78 is 0.999. The van der Waals surface area contributed by atoms with Crippen molar-refractivity contribution < 1.29 is 4.79 Å². The SMILES string of the molecule is O=C(NC1CCCCCC1Br)c1ccc(Br)s1. The van der Waals surface area contributed by atoms with Crippen LogP contribution in [0.5, 0.6) is 0 Å². The second-order valence-corrected chi connectivity index (χ2v) is 7.98. The lowest BCUT2D eigenvalue weighted by atomic mass is 10.1. The van der Waals surface area contributed by atoms with E-state index in [-0.39, 0.29) is 11.9 Å². The summed E-state index contributed by atoms with van der Waals surface area (Å²) >= 11 is 8.55. The molecule has 2 nitrogen and oxygen atoms in total. The van der Waals surface area contributed by atoms with Crippen LogP contribution in [0, 0.1) is 0 Å². The lowest BCUT2D eigenvalue weighted by Crippen LogP contribution is -2.39. The highest BCUT2D eigenvalue weighted by Gasteiger charge is 2.23. The average Bonchev–Trinajstić information content (AvgIpc) is 2.63. The smallest absolute Gasteiger partial charge is 0.261 e. The summed E-state index contributed by atoms with van der Waals surface area (Å²) in [5.74, 6) is 0.0528. The molecule has 1 aromatic rings. The second-order valence-electron chi connectivity index (χ2n) is 4.34. The number of rotatable bonds is 2. The van der Waals surface area contributed by atoms with Gasteiger partial charge in [0.1, 0.15) is 0 Å². The zero-order valence-electron chi connectivity index (χ0n) is 9.42. The number of thiophene rings is 1. The van der Waals surface area contributed by atoms with Crippen LogP contribution in [0.3, 0.4) is 0 Å². The van der Waals surface area contributed by atoms with E-state index in [4.69, 9.17) is 0 Å². The van der Waals surface area contributed by atoms with Crippen molar-refractivity contribution in [1.29, 1.82) is 0 Å². The van der Waals surface area contributed by atoms with E-state index in [0.29, 0.717) is 4.83 Å². The van der Waals surface area contributed by atoms with Crippen LogP contribution < -0.4 is 5.32 Å². The molecule has 1 fully saturated rings. The van der Waals surface area contributed by atoms with Gasteiger partial charge in [0.2, 0.25) is 0 Å². The van der Waals surface area contributed by atoms with E-state index in [2.05, 4.69) is 37.2 Å². The van der Waals surface area contributed by atoms with Crippen LogP contribution in [-0.2, 0) is 0 Å². The third-order valence-electron chi connectivity index (χ3n) is 3.05. The molecule has 5 heteroatoms. The third kappa shape index (κ3) is 3.80. The van der Waals surface area contributed by atoms with E-state index in [1.54, 1.807) is 0 Å². The van der Waals surface area contributed by atoms with Gasteiger partial charge in [-0.25, -0.2) is 0 Å². The van der Waals surface area contributed by atoms with Crippen molar-refractivity contribution in [3.05, 3.63) is 20.8 Å². The fourth-order valence-corrected chi connectivity index (χ4v) is 4.11. The van der Waals surface area contributed by atoms with Crippen molar-refractivity contribution in [3.63, 3.8) is 0 Å². The van der Waals surface area contributed by atoms with Crippen LogP contribution in [0.15, 0.2) is 15.9 Å².